The Bertz CT molecular complexity index is 1260. The standard InChI is InChI=1S/C28H36N4O8/c1-27(2,3)39-25(37)31(13-11-29)15-7-8-16(32(14-12-30)26(38)40-28(4,5)6)20-19(15)23(35)21-17(33)9-10-18(34)22(21)24(20)36/h7-10,33-34H,11-14,29-30H2,1-6H3. The lowest BCUT2D eigenvalue weighted by molar-refractivity contribution is 0.0568. The van der Waals surface area contributed by atoms with Gasteiger partial charge in [0.25, 0.3) is 0 Å². The van der Waals surface area contributed by atoms with Gasteiger partial charge >= 0.3 is 12.2 Å². The summed E-state index contributed by atoms with van der Waals surface area (Å²) in [5, 5.41) is 21.1. The minimum absolute atomic E-state index is 0.0161. The van der Waals surface area contributed by atoms with Crippen molar-refractivity contribution in [2.75, 3.05) is 36.0 Å². The maximum atomic E-state index is 14.0. The van der Waals surface area contributed by atoms with Gasteiger partial charge < -0.3 is 31.2 Å². The van der Waals surface area contributed by atoms with Crippen LogP contribution in [0.3, 0.4) is 0 Å². The van der Waals surface area contributed by atoms with Crippen LogP contribution in [0.1, 0.15) is 73.4 Å². The quantitative estimate of drug-likeness (QED) is 0.328. The lowest BCUT2D eigenvalue weighted by Crippen LogP contribution is -2.43. The second-order valence-corrected chi connectivity index (χ2v) is 11.2. The second kappa shape index (κ2) is 11.1. The number of fused-ring (bicyclic) bond motifs is 2. The molecule has 12 heteroatoms. The van der Waals surface area contributed by atoms with Gasteiger partial charge in [-0.05, 0) is 65.8 Å². The topological polar surface area (TPSA) is 186 Å². The highest BCUT2D eigenvalue weighted by molar-refractivity contribution is 6.34. The van der Waals surface area contributed by atoms with Crippen molar-refractivity contribution in [3.63, 3.8) is 0 Å². The van der Waals surface area contributed by atoms with E-state index in [0.717, 1.165) is 21.9 Å². The summed E-state index contributed by atoms with van der Waals surface area (Å²) in [6.07, 6.45) is -1.66. The number of ketones is 2. The zero-order chi connectivity index (χ0) is 30.2. The first kappa shape index (κ1) is 30.4. The van der Waals surface area contributed by atoms with Crippen molar-refractivity contribution in [1.29, 1.82) is 0 Å². The highest BCUT2D eigenvalue weighted by atomic mass is 16.6. The highest BCUT2D eigenvalue weighted by Gasteiger charge is 2.41. The molecule has 0 fully saturated rings. The number of phenols is 2. The third-order valence-corrected chi connectivity index (χ3v) is 5.75. The number of nitrogens with two attached hydrogens (primary N) is 2. The SMILES string of the molecule is CC(C)(C)OC(=O)N(CCN)c1ccc(N(CCN)C(=O)OC(C)(C)C)c2c1C(=O)c1c(O)ccc(O)c1C2=O. The summed E-state index contributed by atoms with van der Waals surface area (Å²) in [5.41, 5.74) is 8.31. The van der Waals surface area contributed by atoms with Crippen LogP contribution < -0.4 is 21.3 Å². The van der Waals surface area contributed by atoms with E-state index in [1.54, 1.807) is 41.5 Å². The Morgan fingerprint density at radius 2 is 1.00 bits per heavy atom. The maximum Gasteiger partial charge on any atom is 0.414 e. The first-order chi connectivity index (χ1) is 18.5. The Morgan fingerprint density at radius 1 is 0.675 bits per heavy atom. The molecular formula is C28H36N4O8. The molecule has 12 nitrogen and oxygen atoms in total. The molecule has 40 heavy (non-hydrogen) atoms. The van der Waals surface area contributed by atoms with Gasteiger partial charge in [0.05, 0.1) is 33.6 Å². The number of carbonyl (C=O) groups excluding carboxylic acids is 4. The summed E-state index contributed by atoms with van der Waals surface area (Å²) in [4.78, 5) is 56.7. The van der Waals surface area contributed by atoms with Crippen molar-refractivity contribution in [2.24, 2.45) is 11.5 Å². The number of hydrogen-bond acceptors (Lipinski definition) is 10. The van der Waals surface area contributed by atoms with Crippen molar-refractivity contribution in [2.45, 2.75) is 52.7 Å². The first-order valence-corrected chi connectivity index (χ1v) is 12.7. The third-order valence-electron chi connectivity index (χ3n) is 5.75. The van der Waals surface area contributed by atoms with Crippen molar-refractivity contribution in [1.82, 2.24) is 0 Å². The fourth-order valence-corrected chi connectivity index (χ4v) is 4.29. The lowest BCUT2D eigenvalue weighted by Gasteiger charge is -2.33. The normalized spacial score (nSPS) is 12.9. The first-order valence-electron chi connectivity index (χ1n) is 12.7. The Balaban J connectivity index is 2.38. The molecule has 0 saturated heterocycles. The van der Waals surface area contributed by atoms with Crippen molar-refractivity contribution < 1.29 is 38.9 Å². The van der Waals surface area contributed by atoms with Gasteiger partial charge in [-0.1, -0.05) is 0 Å². The van der Waals surface area contributed by atoms with Crippen LogP contribution in [0.2, 0.25) is 0 Å². The lowest BCUT2D eigenvalue weighted by atomic mass is 9.81. The van der Waals surface area contributed by atoms with Crippen LogP contribution in [0, 0.1) is 0 Å². The number of aromatic hydroxyl groups is 2. The van der Waals surface area contributed by atoms with Gasteiger partial charge in [-0.15, -0.1) is 0 Å². The van der Waals surface area contributed by atoms with E-state index < -0.39 is 57.6 Å². The third kappa shape index (κ3) is 6.02. The maximum absolute atomic E-state index is 14.0. The van der Waals surface area contributed by atoms with Gasteiger partial charge in [0.1, 0.15) is 22.7 Å². The number of rotatable bonds is 6. The van der Waals surface area contributed by atoms with Gasteiger partial charge in [0.15, 0.2) is 0 Å². The predicted octanol–water partition coefficient (Wildman–Crippen LogP) is 3.27. The number of phenolic OH excluding ortho intramolecular Hbond substituents is 2. The van der Waals surface area contributed by atoms with Crippen LogP contribution in [0.4, 0.5) is 21.0 Å². The van der Waals surface area contributed by atoms with E-state index >= 15 is 0 Å². The van der Waals surface area contributed by atoms with Crippen molar-refractivity contribution in [3.8, 4) is 11.5 Å². The van der Waals surface area contributed by atoms with Crippen LogP contribution in [0.5, 0.6) is 11.5 Å². The molecule has 0 bridgehead atoms. The largest absolute Gasteiger partial charge is 0.507 e. The fraction of sp³-hybridized carbons (Fsp3) is 0.429. The second-order valence-electron chi connectivity index (χ2n) is 11.2. The molecule has 0 spiro atoms. The van der Waals surface area contributed by atoms with E-state index in [-0.39, 0.29) is 48.7 Å². The molecule has 216 valence electrons. The van der Waals surface area contributed by atoms with E-state index in [1.165, 1.54) is 12.1 Å². The number of benzene rings is 2. The van der Waals surface area contributed by atoms with Crippen LogP contribution in [-0.2, 0) is 9.47 Å². The molecule has 2 aromatic rings. The molecule has 1 aliphatic carbocycles. The summed E-state index contributed by atoms with van der Waals surface area (Å²) in [7, 11) is 0. The van der Waals surface area contributed by atoms with E-state index in [1.807, 2.05) is 0 Å². The monoisotopic (exact) mass is 556 g/mol. The van der Waals surface area contributed by atoms with Crippen molar-refractivity contribution in [3.05, 3.63) is 46.5 Å². The number of carbonyl (C=O) groups is 4. The summed E-state index contributed by atoms with van der Waals surface area (Å²) < 4.78 is 11.1. The Morgan fingerprint density at radius 3 is 1.27 bits per heavy atom. The van der Waals surface area contributed by atoms with Crippen molar-refractivity contribution >= 4 is 35.1 Å². The van der Waals surface area contributed by atoms with E-state index in [0.29, 0.717) is 0 Å². The average molecular weight is 557 g/mol. The number of hydrogen-bond donors (Lipinski definition) is 4. The number of anilines is 2. The average Bonchev–Trinajstić information content (AvgIpc) is 2.82. The zero-order valence-corrected chi connectivity index (χ0v) is 23.5. The Hall–Kier alpha value is -4.16. The molecular weight excluding hydrogens is 520 g/mol. The number of amides is 2. The molecule has 2 amide bonds. The van der Waals surface area contributed by atoms with Gasteiger partial charge in [-0.3, -0.25) is 19.4 Å². The van der Waals surface area contributed by atoms with E-state index in [9.17, 15) is 29.4 Å². The smallest absolute Gasteiger partial charge is 0.414 e. The van der Waals surface area contributed by atoms with E-state index in [4.69, 9.17) is 20.9 Å². The molecule has 0 heterocycles. The summed E-state index contributed by atoms with van der Waals surface area (Å²) in [6.45, 7) is 9.81. The molecule has 0 aliphatic heterocycles. The van der Waals surface area contributed by atoms with Gasteiger partial charge in [0.2, 0.25) is 11.6 Å². The minimum atomic E-state index is -0.894. The molecule has 0 saturated carbocycles. The van der Waals surface area contributed by atoms with Gasteiger partial charge in [0, 0.05) is 26.2 Å². The zero-order valence-electron chi connectivity index (χ0n) is 23.5. The molecule has 3 rings (SSSR count). The summed E-state index contributed by atoms with van der Waals surface area (Å²) in [6, 6.07) is 4.94. The summed E-state index contributed by atoms with van der Waals surface area (Å²) >= 11 is 0. The van der Waals surface area contributed by atoms with Crippen LogP contribution in [0.15, 0.2) is 24.3 Å². The molecule has 0 atom stereocenters. The molecule has 0 unspecified atom stereocenters. The van der Waals surface area contributed by atoms with E-state index in [2.05, 4.69) is 0 Å². The van der Waals surface area contributed by atoms with Crippen LogP contribution in [0.25, 0.3) is 0 Å². The molecule has 0 radical (unpaired) electrons. The Labute approximate surface area is 232 Å². The van der Waals surface area contributed by atoms with Gasteiger partial charge in [-0.25, -0.2) is 9.59 Å². The molecule has 0 aromatic heterocycles. The number of nitrogens with zero attached hydrogens (tertiary/aromatic N) is 2. The van der Waals surface area contributed by atoms with Crippen LogP contribution in [-0.4, -0.2) is 71.3 Å². The van der Waals surface area contributed by atoms with Gasteiger partial charge in [-0.2, -0.15) is 0 Å². The summed E-state index contributed by atoms with van der Waals surface area (Å²) in [5.74, 6) is -2.78. The highest BCUT2D eigenvalue weighted by Crippen LogP contribution is 2.44. The fourth-order valence-electron chi connectivity index (χ4n) is 4.29. The predicted molar refractivity (Wildman–Crippen MR) is 148 cm³/mol. The molecule has 2 aromatic carbocycles. The van der Waals surface area contributed by atoms with Crippen LogP contribution >= 0.6 is 0 Å². The molecule has 1 aliphatic rings. The molecule has 6 N–H and O–H groups in total. The Kier molecular flexibility index (Phi) is 8.46. The minimum Gasteiger partial charge on any atom is -0.507 e. The number of ether oxygens (including phenoxy) is 2.